The van der Waals surface area contributed by atoms with Crippen LogP contribution < -0.4 is 10.6 Å². The van der Waals surface area contributed by atoms with Crippen molar-refractivity contribution in [1.82, 2.24) is 15.1 Å². The lowest BCUT2D eigenvalue weighted by Gasteiger charge is -2.37. The van der Waals surface area contributed by atoms with Gasteiger partial charge in [-0.2, -0.15) is 0 Å². The summed E-state index contributed by atoms with van der Waals surface area (Å²) in [6.07, 6.45) is 1.62. The van der Waals surface area contributed by atoms with Crippen molar-refractivity contribution in [2.24, 2.45) is 0 Å². The van der Waals surface area contributed by atoms with Crippen molar-refractivity contribution in [3.8, 4) is 0 Å². The van der Waals surface area contributed by atoms with Crippen molar-refractivity contribution in [1.29, 1.82) is 0 Å². The minimum atomic E-state index is -0.821. The van der Waals surface area contributed by atoms with E-state index in [1.807, 2.05) is 48.8 Å². The Kier molecular flexibility index (Phi) is 7.95. The summed E-state index contributed by atoms with van der Waals surface area (Å²) >= 11 is 0. The van der Waals surface area contributed by atoms with Gasteiger partial charge in [-0.15, -0.1) is 0 Å². The van der Waals surface area contributed by atoms with E-state index in [4.69, 9.17) is 5.11 Å². The highest BCUT2D eigenvalue weighted by atomic mass is 16.4. The molecule has 1 saturated heterocycles. The van der Waals surface area contributed by atoms with Crippen molar-refractivity contribution in [3.63, 3.8) is 0 Å². The molecule has 0 radical (unpaired) electrons. The van der Waals surface area contributed by atoms with Gasteiger partial charge < -0.3 is 10.4 Å². The standard InChI is InChI=1S/C20H30N4O4/c1-4-24(13-19(26)27)16-7-9-23(10-8-16)12-18(25)22-20(28)21-17-6-5-14(2)11-15(17)3/h5-6,11,16H,4,7-10,12-13H2,1-3H3,(H,26,27)(H2,21,22,25,28). The van der Waals surface area contributed by atoms with Gasteiger partial charge in [-0.3, -0.25) is 24.7 Å². The Morgan fingerprint density at radius 1 is 1.21 bits per heavy atom. The summed E-state index contributed by atoms with van der Waals surface area (Å²) in [5.74, 6) is -1.17. The lowest BCUT2D eigenvalue weighted by molar-refractivity contribution is -0.139. The van der Waals surface area contributed by atoms with Crippen LogP contribution in [0, 0.1) is 13.8 Å². The Balaban J connectivity index is 1.76. The summed E-state index contributed by atoms with van der Waals surface area (Å²) in [4.78, 5) is 39.1. The van der Waals surface area contributed by atoms with Crippen molar-refractivity contribution in [2.75, 3.05) is 38.0 Å². The zero-order valence-corrected chi connectivity index (χ0v) is 16.8. The maximum absolute atomic E-state index is 12.2. The predicted octanol–water partition coefficient (Wildman–Crippen LogP) is 1.82. The summed E-state index contributed by atoms with van der Waals surface area (Å²) in [6, 6.07) is 5.36. The van der Waals surface area contributed by atoms with Crippen LogP contribution in [0.15, 0.2) is 18.2 Å². The van der Waals surface area contributed by atoms with E-state index < -0.39 is 12.0 Å². The number of hydrogen-bond acceptors (Lipinski definition) is 5. The molecule has 0 aliphatic carbocycles. The first kappa shape index (κ1) is 21.8. The number of aryl methyl sites for hydroxylation is 2. The molecule has 1 aliphatic heterocycles. The van der Waals surface area contributed by atoms with Crippen LogP contribution >= 0.6 is 0 Å². The molecular formula is C20H30N4O4. The fourth-order valence-electron chi connectivity index (χ4n) is 3.59. The van der Waals surface area contributed by atoms with E-state index in [0.29, 0.717) is 25.3 Å². The van der Waals surface area contributed by atoms with E-state index >= 15 is 0 Å². The molecule has 0 atom stereocenters. The van der Waals surface area contributed by atoms with E-state index in [-0.39, 0.29) is 25.0 Å². The maximum Gasteiger partial charge on any atom is 0.325 e. The third-order valence-corrected chi connectivity index (χ3v) is 5.07. The van der Waals surface area contributed by atoms with E-state index in [1.165, 1.54) is 0 Å². The number of hydrogen-bond donors (Lipinski definition) is 3. The third-order valence-electron chi connectivity index (χ3n) is 5.07. The number of nitrogens with one attached hydrogen (secondary N) is 2. The highest BCUT2D eigenvalue weighted by Gasteiger charge is 2.26. The summed E-state index contributed by atoms with van der Waals surface area (Å²) < 4.78 is 0. The van der Waals surface area contributed by atoms with Gasteiger partial charge in [-0.05, 0) is 44.9 Å². The molecule has 2 rings (SSSR count). The first-order valence-corrected chi connectivity index (χ1v) is 9.64. The van der Waals surface area contributed by atoms with Gasteiger partial charge in [0.15, 0.2) is 0 Å². The smallest absolute Gasteiger partial charge is 0.325 e. The molecule has 8 heteroatoms. The highest BCUT2D eigenvalue weighted by molar-refractivity contribution is 6.02. The number of urea groups is 1. The minimum absolute atomic E-state index is 0.0419. The molecule has 0 bridgehead atoms. The van der Waals surface area contributed by atoms with Crippen LogP contribution in [0.2, 0.25) is 0 Å². The van der Waals surface area contributed by atoms with Gasteiger partial charge in [0.2, 0.25) is 5.91 Å². The average molecular weight is 390 g/mol. The van der Waals surface area contributed by atoms with E-state index in [2.05, 4.69) is 10.6 Å². The monoisotopic (exact) mass is 390 g/mol. The third kappa shape index (κ3) is 6.61. The Hall–Kier alpha value is -2.45. The zero-order valence-electron chi connectivity index (χ0n) is 16.8. The number of rotatable bonds is 7. The molecule has 1 aromatic carbocycles. The summed E-state index contributed by atoms with van der Waals surface area (Å²) in [5.41, 5.74) is 2.72. The second kappa shape index (κ2) is 10.2. The fraction of sp³-hybridized carbons (Fsp3) is 0.550. The number of anilines is 1. The number of imide groups is 1. The number of benzene rings is 1. The quantitative estimate of drug-likeness (QED) is 0.656. The van der Waals surface area contributed by atoms with Gasteiger partial charge in [-0.1, -0.05) is 24.6 Å². The molecular weight excluding hydrogens is 360 g/mol. The minimum Gasteiger partial charge on any atom is -0.480 e. The van der Waals surface area contributed by atoms with Crippen molar-refractivity contribution < 1.29 is 19.5 Å². The molecule has 1 aliphatic rings. The number of carbonyl (C=O) groups is 3. The first-order valence-electron chi connectivity index (χ1n) is 9.64. The molecule has 0 saturated carbocycles. The normalized spacial score (nSPS) is 15.4. The largest absolute Gasteiger partial charge is 0.480 e. The summed E-state index contributed by atoms with van der Waals surface area (Å²) in [5, 5.41) is 14.1. The summed E-state index contributed by atoms with van der Waals surface area (Å²) in [7, 11) is 0. The summed E-state index contributed by atoms with van der Waals surface area (Å²) in [6.45, 7) is 8.12. The number of carbonyl (C=O) groups excluding carboxylic acids is 2. The van der Waals surface area contributed by atoms with Crippen LogP contribution in [0.4, 0.5) is 10.5 Å². The van der Waals surface area contributed by atoms with Crippen LogP contribution in [0.1, 0.15) is 30.9 Å². The number of carboxylic acids is 1. The highest BCUT2D eigenvalue weighted by Crippen LogP contribution is 2.17. The van der Waals surface area contributed by atoms with Gasteiger partial charge >= 0.3 is 12.0 Å². The SMILES string of the molecule is CCN(CC(=O)O)C1CCN(CC(=O)NC(=O)Nc2ccc(C)cc2C)CC1. The Morgan fingerprint density at radius 3 is 2.46 bits per heavy atom. The molecule has 0 aromatic heterocycles. The molecule has 1 aromatic rings. The molecule has 0 spiro atoms. The van der Waals surface area contributed by atoms with Crippen LogP contribution in [-0.2, 0) is 9.59 Å². The van der Waals surface area contributed by atoms with Crippen molar-refractivity contribution in [3.05, 3.63) is 29.3 Å². The van der Waals surface area contributed by atoms with E-state index in [9.17, 15) is 14.4 Å². The molecule has 1 heterocycles. The first-order chi connectivity index (χ1) is 13.3. The fourth-order valence-corrected chi connectivity index (χ4v) is 3.59. The van der Waals surface area contributed by atoms with Crippen molar-refractivity contribution >= 4 is 23.6 Å². The van der Waals surface area contributed by atoms with Crippen LogP contribution in [0.5, 0.6) is 0 Å². The Labute approximate surface area is 165 Å². The van der Waals surface area contributed by atoms with Gasteiger partial charge in [0.25, 0.3) is 0 Å². The number of nitrogens with zero attached hydrogens (tertiary/aromatic N) is 2. The topological polar surface area (TPSA) is 102 Å². The number of likely N-dealkylation sites (tertiary alicyclic amines) is 1. The van der Waals surface area contributed by atoms with Crippen LogP contribution in [-0.4, -0.2) is 71.6 Å². The second-order valence-electron chi connectivity index (χ2n) is 7.28. The van der Waals surface area contributed by atoms with Crippen LogP contribution in [0.25, 0.3) is 0 Å². The van der Waals surface area contributed by atoms with Crippen molar-refractivity contribution in [2.45, 2.75) is 39.7 Å². The average Bonchev–Trinajstić information content (AvgIpc) is 2.62. The van der Waals surface area contributed by atoms with Gasteiger partial charge in [0.1, 0.15) is 0 Å². The van der Waals surface area contributed by atoms with Crippen LogP contribution in [0.3, 0.4) is 0 Å². The maximum atomic E-state index is 12.2. The second-order valence-corrected chi connectivity index (χ2v) is 7.28. The number of carboxylic acid groups (broad SMARTS) is 1. The molecule has 0 unspecified atom stereocenters. The molecule has 1 fully saturated rings. The van der Waals surface area contributed by atoms with E-state index in [0.717, 1.165) is 24.0 Å². The molecule has 28 heavy (non-hydrogen) atoms. The lowest BCUT2D eigenvalue weighted by atomic mass is 10.0. The Bertz CT molecular complexity index is 714. The zero-order chi connectivity index (χ0) is 20.7. The van der Waals surface area contributed by atoms with Gasteiger partial charge in [0, 0.05) is 24.8 Å². The van der Waals surface area contributed by atoms with Gasteiger partial charge in [0.05, 0.1) is 13.1 Å². The lowest BCUT2D eigenvalue weighted by Crippen LogP contribution is -2.49. The molecule has 3 amide bonds. The number of piperidine rings is 1. The molecule has 8 nitrogen and oxygen atoms in total. The van der Waals surface area contributed by atoms with Gasteiger partial charge in [-0.25, -0.2) is 4.79 Å². The Morgan fingerprint density at radius 2 is 1.89 bits per heavy atom. The number of amides is 3. The number of aliphatic carboxylic acids is 1. The predicted molar refractivity (Wildman–Crippen MR) is 107 cm³/mol. The molecule has 3 N–H and O–H groups in total. The number of likely N-dealkylation sites (N-methyl/N-ethyl adjacent to an activating group) is 1. The van der Waals surface area contributed by atoms with E-state index in [1.54, 1.807) is 0 Å². The molecule has 154 valence electrons.